The smallest absolute Gasteiger partial charge is 0.252 e. The quantitative estimate of drug-likeness (QED) is 0.819. The van der Waals surface area contributed by atoms with Crippen molar-refractivity contribution in [3.05, 3.63) is 35.4 Å². The average Bonchev–Trinajstić information content (AvgIpc) is 2.84. The highest BCUT2D eigenvalue weighted by Gasteiger charge is 2.37. The first kappa shape index (κ1) is 14.0. The van der Waals surface area contributed by atoms with Crippen LogP contribution < -0.4 is 11.1 Å². The Balaban J connectivity index is 1.91. The van der Waals surface area contributed by atoms with Crippen LogP contribution >= 0.6 is 12.2 Å². The van der Waals surface area contributed by atoms with Gasteiger partial charge in [0.05, 0.1) is 0 Å². The van der Waals surface area contributed by atoms with Crippen LogP contribution in [-0.4, -0.2) is 23.1 Å². The van der Waals surface area contributed by atoms with Gasteiger partial charge in [-0.25, -0.2) is 0 Å². The molecule has 1 aromatic carbocycles. The number of hydrogen-bond acceptors (Lipinski definition) is 3. The molecule has 2 rings (SSSR count). The molecule has 4 nitrogen and oxygen atoms in total. The summed E-state index contributed by atoms with van der Waals surface area (Å²) in [5.74, 6) is -0.0524. The van der Waals surface area contributed by atoms with Gasteiger partial charge in [0, 0.05) is 18.7 Å². The predicted octanol–water partition coefficient (Wildman–Crippen LogP) is 1.51. The molecule has 102 valence electrons. The Morgan fingerprint density at radius 3 is 2.68 bits per heavy atom. The van der Waals surface area contributed by atoms with E-state index in [9.17, 15) is 4.79 Å². The summed E-state index contributed by atoms with van der Waals surface area (Å²) in [5, 5.41) is 2.90. The Morgan fingerprint density at radius 2 is 2.16 bits per heavy atom. The van der Waals surface area contributed by atoms with Crippen molar-refractivity contribution >= 4 is 23.1 Å². The molecule has 19 heavy (non-hydrogen) atoms. The van der Waals surface area contributed by atoms with E-state index in [0.717, 1.165) is 24.0 Å². The zero-order valence-electron chi connectivity index (χ0n) is 10.9. The maximum Gasteiger partial charge on any atom is 0.252 e. The number of thiocarbonyl (C=S) groups is 1. The molecule has 1 amide bonds. The fourth-order valence-electron chi connectivity index (χ4n) is 2.11. The molecule has 0 aromatic heterocycles. The number of hydrogen-bond donors (Lipinski definition) is 2. The molecule has 1 aliphatic rings. The van der Waals surface area contributed by atoms with Crippen LogP contribution in [0.5, 0.6) is 0 Å². The van der Waals surface area contributed by atoms with Gasteiger partial charge in [-0.2, -0.15) is 0 Å². The van der Waals surface area contributed by atoms with Crippen LogP contribution in [0.1, 0.15) is 30.9 Å². The normalized spacial score (nSPS) is 22.2. The number of ether oxygens (including phenoxy) is 1. The molecule has 5 heteroatoms. The van der Waals surface area contributed by atoms with E-state index in [1.807, 2.05) is 31.2 Å². The van der Waals surface area contributed by atoms with Gasteiger partial charge < -0.3 is 15.8 Å². The molecule has 1 aromatic rings. The molecule has 1 unspecified atom stereocenters. The predicted molar refractivity (Wildman–Crippen MR) is 77.8 cm³/mol. The molecule has 1 saturated heterocycles. The van der Waals surface area contributed by atoms with E-state index in [0.29, 0.717) is 18.1 Å². The summed E-state index contributed by atoms with van der Waals surface area (Å²) in [4.78, 5) is 12.4. The van der Waals surface area contributed by atoms with Crippen molar-refractivity contribution in [3.8, 4) is 0 Å². The average molecular weight is 278 g/mol. The molecule has 3 N–H and O–H groups in total. The standard InChI is InChI=1S/C14H18N2O2S/c1-14(7-2-8-18-14)13(17)16-9-10-3-5-11(6-4-10)12(15)19/h3-6H,2,7-9H2,1H3,(H2,15,19)(H,16,17). The second kappa shape index (κ2) is 5.67. The lowest BCUT2D eigenvalue weighted by molar-refractivity contribution is -0.139. The van der Waals surface area contributed by atoms with Gasteiger partial charge in [0.2, 0.25) is 0 Å². The van der Waals surface area contributed by atoms with Gasteiger partial charge >= 0.3 is 0 Å². The van der Waals surface area contributed by atoms with E-state index < -0.39 is 5.60 Å². The first-order valence-electron chi connectivity index (χ1n) is 6.32. The Labute approximate surface area is 118 Å². The zero-order valence-corrected chi connectivity index (χ0v) is 11.8. The molecule has 1 fully saturated rings. The zero-order chi connectivity index (χ0) is 13.9. The van der Waals surface area contributed by atoms with Crippen molar-refractivity contribution < 1.29 is 9.53 Å². The molecule has 0 aliphatic carbocycles. The van der Waals surface area contributed by atoms with E-state index in [4.69, 9.17) is 22.7 Å². The van der Waals surface area contributed by atoms with E-state index in [2.05, 4.69) is 5.32 Å². The van der Waals surface area contributed by atoms with Crippen LogP contribution in [-0.2, 0) is 16.1 Å². The van der Waals surface area contributed by atoms with Gasteiger partial charge in [-0.15, -0.1) is 0 Å². The molecular weight excluding hydrogens is 260 g/mol. The van der Waals surface area contributed by atoms with Gasteiger partial charge in [-0.05, 0) is 25.3 Å². The molecule has 0 saturated carbocycles. The van der Waals surface area contributed by atoms with Gasteiger partial charge in [-0.1, -0.05) is 36.5 Å². The second-order valence-corrected chi connectivity index (χ2v) is 5.37. The number of rotatable bonds is 4. The summed E-state index contributed by atoms with van der Waals surface area (Å²) < 4.78 is 5.50. The monoisotopic (exact) mass is 278 g/mol. The summed E-state index contributed by atoms with van der Waals surface area (Å²) in [6.45, 7) is 2.98. The highest BCUT2D eigenvalue weighted by molar-refractivity contribution is 7.80. The Bertz CT molecular complexity index is 479. The fraction of sp³-hybridized carbons (Fsp3) is 0.429. The molecule has 1 heterocycles. The highest BCUT2D eigenvalue weighted by Crippen LogP contribution is 2.25. The summed E-state index contributed by atoms with van der Waals surface area (Å²) >= 11 is 4.89. The second-order valence-electron chi connectivity index (χ2n) is 4.93. The van der Waals surface area contributed by atoms with Crippen molar-refractivity contribution in [2.75, 3.05) is 6.61 Å². The molecular formula is C14H18N2O2S. The Kier molecular flexibility index (Phi) is 4.17. The van der Waals surface area contributed by atoms with E-state index in [1.165, 1.54) is 0 Å². The number of nitrogens with two attached hydrogens (primary N) is 1. The summed E-state index contributed by atoms with van der Waals surface area (Å²) in [5.41, 5.74) is 6.70. The number of carbonyl (C=O) groups is 1. The van der Waals surface area contributed by atoms with Crippen LogP contribution in [0.25, 0.3) is 0 Å². The SMILES string of the molecule is CC1(C(=O)NCc2ccc(C(N)=S)cc2)CCCO1. The van der Waals surface area contributed by atoms with Crippen molar-refractivity contribution in [1.29, 1.82) is 0 Å². The largest absolute Gasteiger partial charge is 0.389 e. The molecule has 0 radical (unpaired) electrons. The first-order valence-corrected chi connectivity index (χ1v) is 6.73. The van der Waals surface area contributed by atoms with Gasteiger partial charge in [0.25, 0.3) is 5.91 Å². The Morgan fingerprint density at radius 1 is 1.47 bits per heavy atom. The number of carbonyl (C=O) groups excluding carboxylic acids is 1. The third kappa shape index (κ3) is 3.30. The van der Waals surface area contributed by atoms with Crippen LogP contribution in [0.4, 0.5) is 0 Å². The molecule has 1 aliphatic heterocycles. The highest BCUT2D eigenvalue weighted by atomic mass is 32.1. The third-order valence-corrected chi connectivity index (χ3v) is 3.63. The number of amides is 1. The summed E-state index contributed by atoms with van der Waals surface area (Å²) in [6, 6.07) is 7.54. The topological polar surface area (TPSA) is 64.4 Å². The van der Waals surface area contributed by atoms with Crippen LogP contribution in [0.15, 0.2) is 24.3 Å². The Hall–Kier alpha value is -1.46. The molecule has 0 bridgehead atoms. The van der Waals surface area contributed by atoms with Crippen molar-refractivity contribution in [1.82, 2.24) is 5.32 Å². The molecule has 1 atom stereocenters. The fourth-order valence-corrected chi connectivity index (χ4v) is 2.25. The van der Waals surface area contributed by atoms with Gasteiger partial charge in [0.1, 0.15) is 10.6 Å². The lowest BCUT2D eigenvalue weighted by Crippen LogP contribution is -2.43. The third-order valence-electron chi connectivity index (χ3n) is 3.39. The maximum absolute atomic E-state index is 12.0. The van der Waals surface area contributed by atoms with Crippen molar-refractivity contribution in [2.24, 2.45) is 5.73 Å². The molecule has 0 spiro atoms. The van der Waals surface area contributed by atoms with Crippen molar-refractivity contribution in [2.45, 2.75) is 31.9 Å². The maximum atomic E-state index is 12.0. The van der Waals surface area contributed by atoms with Crippen LogP contribution in [0, 0.1) is 0 Å². The minimum absolute atomic E-state index is 0.0524. The minimum Gasteiger partial charge on any atom is -0.389 e. The lowest BCUT2D eigenvalue weighted by Gasteiger charge is -2.21. The lowest BCUT2D eigenvalue weighted by atomic mass is 10.0. The van der Waals surface area contributed by atoms with E-state index in [1.54, 1.807) is 0 Å². The van der Waals surface area contributed by atoms with Gasteiger partial charge in [-0.3, -0.25) is 4.79 Å². The number of nitrogens with one attached hydrogen (secondary N) is 1. The van der Waals surface area contributed by atoms with Crippen molar-refractivity contribution in [3.63, 3.8) is 0 Å². The number of benzene rings is 1. The summed E-state index contributed by atoms with van der Waals surface area (Å²) in [7, 11) is 0. The van der Waals surface area contributed by atoms with Crippen LogP contribution in [0.2, 0.25) is 0 Å². The van der Waals surface area contributed by atoms with E-state index >= 15 is 0 Å². The van der Waals surface area contributed by atoms with E-state index in [-0.39, 0.29) is 5.91 Å². The summed E-state index contributed by atoms with van der Waals surface area (Å²) in [6.07, 6.45) is 1.71. The van der Waals surface area contributed by atoms with Crippen LogP contribution in [0.3, 0.4) is 0 Å². The van der Waals surface area contributed by atoms with Gasteiger partial charge in [0.15, 0.2) is 0 Å². The minimum atomic E-state index is -0.668. The first-order chi connectivity index (χ1) is 9.01.